The van der Waals surface area contributed by atoms with E-state index in [9.17, 15) is 8.42 Å². The third-order valence-corrected chi connectivity index (χ3v) is 4.31. The summed E-state index contributed by atoms with van der Waals surface area (Å²) in [6, 6.07) is 1.56. The fraction of sp³-hybridized carbons (Fsp3) is 0.400. The van der Waals surface area contributed by atoms with Crippen LogP contribution in [-0.2, 0) is 23.6 Å². The van der Waals surface area contributed by atoms with Crippen LogP contribution in [0.15, 0.2) is 23.4 Å². The summed E-state index contributed by atoms with van der Waals surface area (Å²) in [4.78, 5) is 4.35. The topological polar surface area (TPSA) is 83.9 Å². The van der Waals surface area contributed by atoms with E-state index < -0.39 is 10.0 Å². The van der Waals surface area contributed by atoms with Crippen molar-refractivity contribution in [1.82, 2.24) is 24.1 Å². The van der Waals surface area contributed by atoms with Gasteiger partial charge in [0.1, 0.15) is 5.82 Å². The van der Waals surface area contributed by atoms with Crippen LogP contribution < -0.4 is 0 Å². The smallest absolute Gasteiger partial charge is 0.244 e. The lowest BCUT2D eigenvalue weighted by Crippen LogP contribution is -2.26. The molecule has 0 fully saturated rings. The van der Waals surface area contributed by atoms with E-state index in [2.05, 4.69) is 15.2 Å². The van der Waals surface area contributed by atoms with E-state index in [1.165, 1.54) is 11.4 Å². The van der Waals surface area contributed by atoms with E-state index in [1.807, 2.05) is 0 Å². The average molecular weight is 269 g/mol. The lowest BCUT2D eigenvalue weighted by Gasteiger charge is -2.14. The molecule has 0 aliphatic rings. The zero-order valence-electron chi connectivity index (χ0n) is 10.5. The first-order chi connectivity index (χ1) is 8.39. The number of aromatic amines is 1. The Morgan fingerprint density at radius 3 is 2.72 bits per heavy atom. The molecule has 7 nitrogen and oxygen atoms in total. The molecule has 0 atom stereocenters. The van der Waals surface area contributed by atoms with Crippen molar-refractivity contribution >= 4 is 10.0 Å². The predicted molar refractivity (Wildman–Crippen MR) is 65.2 cm³/mol. The van der Waals surface area contributed by atoms with Crippen LogP contribution in [0, 0.1) is 6.92 Å². The van der Waals surface area contributed by atoms with Gasteiger partial charge in [-0.25, -0.2) is 13.4 Å². The van der Waals surface area contributed by atoms with Gasteiger partial charge in [0.25, 0.3) is 0 Å². The highest BCUT2D eigenvalue weighted by atomic mass is 32.2. The van der Waals surface area contributed by atoms with Crippen LogP contribution in [0.3, 0.4) is 0 Å². The number of aromatic nitrogens is 4. The van der Waals surface area contributed by atoms with Gasteiger partial charge in [-0.1, -0.05) is 0 Å². The minimum absolute atomic E-state index is 0.140. The Bertz CT molecular complexity index is 643. The van der Waals surface area contributed by atoms with E-state index in [1.54, 1.807) is 37.0 Å². The summed E-state index contributed by atoms with van der Waals surface area (Å²) in [5.74, 6) is 1.12. The van der Waals surface area contributed by atoms with Gasteiger partial charge < -0.3 is 4.57 Å². The Balaban J connectivity index is 2.20. The summed E-state index contributed by atoms with van der Waals surface area (Å²) >= 11 is 0. The fourth-order valence-electron chi connectivity index (χ4n) is 1.55. The van der Waals surface area contributed by atoms with Crippen molar-refractivity contribution in [1.29, 1.82) is 0 Å². The van der Waals surface area contributed by atoms with E-state index in [0.29, 0.717) is 11.6 Å². The van der Waals surface area contributed by atoms with Crippen molar-refractivity contribution in [3.05, 3.63) is 30.1 Å². The minimum atomic E-state index is -3.49. The minimum Gasteiger partial charge on any atom is -0.356 e. The Hall–Kier alpha value is -1.67. The maximum absolute atomic E-state index is 12.2. The molecule has 0 unspecified atom stereocenters. The van der Waals surface area contributed by atoms with Gasteiger partial charge in [0.2, 0.25) is 10.0 Å². The molecular weight excluding hydrogens is 254 g/mol. The first-order valence-corrected chi connectivity index (χ1v) is 6.80. The van der Waals surface area contributed by atoms with Gasteiger partial charge in [-0.05, 0) is 13.0 Å². The average Bonchev–Trinajstić information content (AvgIpc) is 2.88. The van der Waals surface area contributed by atoms with E-state index in [0.717, 1.165) is 0 Å². The molecule has 2 aromatic heterocycles. The van der Waals surface area contributed by atoms with Gasteiger partial charge in [-0.2, -0.15) is 9.40 Å². The molecule has 8 heteroatoms. The summed E-state index contributed by atoms with van der Waals surface area (Å²) in [6.07, 6.45) is 3.26. The molecule has 2 rings (SSSR count). The number of hydrogen-bond acceptors (Lipinski definition) is 4. The molecule has 1 N–H and O–H groups in total. The molecule has 0 spiro atoms. The van der Waals surface area contributed by atoms with Gasteiger partial charge >= 0.3 is 0 Å². The van der Waals surface area contributed by atoms with Crippen molar-refractivity contribution < 1.29 is 8.42 Å². The SMILES string of the molecule is Cc1nc(CN(C)S(=O)(=O)c2ccn(C)c2)n[nH]1. The highest BCUT2D eigenvalue weighted by Crippen LogP contribution is 2.15. The standard InChI is InChI=1S/C10H15N5O2S/c1-8-11-10(13-12-8)7-15(3)18(16,17)9-4-5-14(2)6-9/h4-6H,7H2,1-3H3,(H,11,12,13). The summed E-state index contributed by atoms with van der Waals surface area (Å²) in [5.41, 5.74) is 0. The Morgan fingerprint density at radius 2 is 2.22 bits per heavy atom. The number of nitrogens with one attached hydrogen (secondary N) is 1. The van der Waals surface area contributed by atoms with E-state index in [-0.39, 0.29) is 11.4 Å². The molecule has 0 aliphatic heterocycles. The highest BCUT2D eigenvalue weighted by molar-refractivity contribution is 7.89. The summed E-state index contributed by atoms with van der Waals surface area (Å²) < 4.78 is 27.3. The Labute approximate surface area is 106 Å². The largest absolute Gasteiger partial charge is 0.356 e. The molecule has 0 saturated carbocycles. The predicted octanol–water partition coefficient (Wildman–Crippen LogP) is 0.272. The molecule has 0 amide bonds. The summed E-state index contributed by atoms with van der Waals surface area (Å²) in [6.45, 7) is 1.91. The zero-order valence-corrected chi connectivity index (χ0v) is 11.3. The van der Waals surface area contributed by atoms with Gasteiger partial charge in [0, 0.05) is 26.5 Å². The number of hydrogen-bond donors (Lipinski definition) is 1. The first-order valence-electron chi connectivity index (χ1n) is 5.36. The molecule has 0 bridgehead atoms. The van der Waals surface area contributed by atoms with Crippen LogP contribution in [-0.4, -0.2) is 39.5 Å². The van der Waals surface area contributed by atoms with Crippen LogP contribution in [0.2, 0.25) is 0 Å². The van der Waals surface area contributed by atoms with Crippen LogP contribution in [0.1, 0.15) is 11.6 Å². The van der Waals surface area contributed by atoms with Crippen molar-refractivity contribution in [3.8, 4) is 0 Å². The monoisotopic (exact) mass is 269 g/mol. The maximum Gasteiger partial charge on any atom is 0.244 e. The molecule has 98 valence electrons. The molecule has 0 aliphatic carbocycles. The van der Waals surface area contributed by atoms with Crippen LogP contribution in [0.5, 0.6) is 0 Å². The molecule has 0 aromatic carbocycles. The maximum atomic E-state index is 12.2. The second-order valence-electron chi connectivity index (χ2n) is 4.11. The fourth-order valence-corrected chi connectivity index (χ4v) is 2.73. The van der Waals surface area contributed by atoms with Crippen LogP contribution >= 0.6 is 0 Å². The van der Waals surface area contributed by atoms with Gasteiger partial charge in [0.15, 0.2) is 5.82 Å². The van der Waals surface area contributed by atoms with Crippen molar-refractivity contribution in [2.24, 2.45) is 7.05 Å². The lowest BCUT2D eigenvalue weighted by atomic mass is 10.6. The molecular formula is C10H15N5O2S. The third kappa shape index (κ3) is 2.44. The normalized spacial score (nSPS) is 12.2. The second-order valence-corrected chi connectivity index (χ2v) is 6.16. The summed E-state index contributed by atoms with van der Waals surface area (Å²) in [7, 11) is -0.205. The number of nitrogens with zero attached hydrogens (tertiary/aromatic N) is 4. The quantitative estimate of drug-likeness (QED) is 0.863. The van der Waals surface area contributed by atoms with Gasteiger partial charge in [0.05, 0.1) is 11.4 Å². The van der Waals surface area contributed by atoms with Crippen molar-refractivity contribution in [2.45, 2.75) is 18.4 Å². The molecule has 2 aromatic rings. The molecule has 0 radical (unpaired) electrons. The number of sulfonamides is 1. The second kappa shape index (κ2) is 4.54. The number of rotatable bonds is 4. The Morgan fingerprint density at radius 1 is 1.50 bits per heavy atom. The van der Waals surface area contributed by atoms with Crippen molar-refractivity contribution in [2.75, 3.05) is 7.05 Å². The van der Waals surface area contributed by atoms with Gasteiger partial charge in [-0.15, -0.1) is 0 Å². The van der Waals surface area contributed by atoms with Crippen molar-refractivity contribution in [3.63, 3.8) is 0 Å². The molecule has 2 heterocycles. The third-order valence-electron chi connectivity index (χ3n) is 2.52. The lowest BCUT2D eigenvalue weighted by molar-refractivity contribution is 0.457. The molecule has 18 heavy (non-hydrogen) atoms. The Kier molecular flexibility index (Phi) is 3.22. The van der Waals surface area contributed by atoms with Gasteiger partial charge in [-0.3, -0.25) is 5.10 Å². The number of H-pyrrole nitrogens is 1. The highest BCUT2D eigenvalue weighted by Gasteiger charge is 2.22. The van der Waals surface area contributed by atoms with E-state index >= 15 is 0 Å². The van der Waals surface area contributed by atoms with Crippen LogP contribution in [0.4, 0.5) is 0 Å². The zero-order chi connectivity index (χ0) is 13.3. The first kappa shape index (κ1) is 12.8. The van der Waals surface area contributed by atoms with E-state index in [4.69, 9.17) is 0 Å². The molecule has 0 saturated heterocycles. The summed E-state index contributed by atoms with van der Waals surface area (Å²) in [5, 5.41) is 6.60. The number of aryl methyl sites for hydroxylation is 2. The van der Waals surface area contributed by atoms with Crippen LogP contribution in [0.25, 0.3) is 0 Å².